The summed E-state index contributed by atoms with van der Waals surface area (Å²) in [5, 5.41) is 17.6. The van der Waals surface area contributed by atoms with Crippen molar-refractivity contribution in [1.29, 1.82) is 0 Å². The molecular weight excluding hydrogens is 588 g/mol. The van der Waals surface area contributed by atoms with Crippen LogP contribution in [-0.2, 0) is 39.5 Å². The van der Waals surface area contributed by atoms with Crippen LogP contribution in [0.4, 0.5) is 38.1 Å². The molecule has 1 aromatic carbocycles. The highest BCUT2D eigenvalue weighted by molar-refractivity contribution is 5.81. The maximum absolute atomic E-state index is 13.7. The molecule has 0 radical (unpaired) electrons. The zero-order valence-corrected chi connectivity index (χ0v) is 24.6. The van der Waals surface area contributed by atoms with Gasteiger partial charge in [-0.15, -0.1) is 5.10 Å². The van der Waals surface area contributed by atoms with E-state index >= 15 is 0 Å². The first-order valence-electron chi connectivity index (χ1n) is 14.6. The molecule has 9 nitrogen and oxygen atoms in total. The summed E-state index contributed by atoms with van der Waals surface area (Å²) in [6.07, 6.45) is -4.20. The van der Waals surface area contributed by atoms with Gasteiger partial charge in [0.2, 0.25) is 0 Å². The fraction of sp³-hybridized carbons (Fsp3) is 0.552. The lowest BCUT2D eigenvalue weighted by Gasteiger charge is -2.35. The van der Waals surface area contributed by atoms with Gasteiger partial charge in [0.15, 0.2) is 5.65 Å². The van der Waals surface area contributed by atoms with Gasteiger partial charge in [-0.2, -0.15) is 36.2 Å². The van der Waals surface area contributed by atoms with Crippen LogP contribution in [0.1, 0.15) is 60.1 Å². The zero-order valence-electron chi connectivity index (χ0n) is 24.6. The van der Waals surface area contributed by atoms with Crippen LogP contribution in [0, 0.1) is 18.8 Å². The van der Waals surface area contributed by atoms with Gasteiger partial charge in [-0.3, -0.25) is 4.68 Å². The lowest BCUT2D eigenvalue weighted by atomic mass is 9.85. The third kappa shape index (κ3) is 6.46. The van der Waals surface area contributed by atoms with E-state index < -0.39 is 23.5 Å². The average Bonchev–Trinajstić information content (AvgIpc) is 3.56. The predicted octanol–water partition coefficient (Wildman–Crippen LogP) is 6.06. The van der Waals surface area contributed by atoms with Crippen LogP contribution in [0.25, 0.3) is 11.0 Å². The molecule has 2 aliphatic carbocycles. The Bertz CT molecular complexity index is 1620. The third-order valence-electron chi connectivity index (χ3n) is 8.40. The average molecular weight is 622 g/mol. The standard InChI is InChI=1S/C29H33F6N9/c1-17-24-11-21(25(36-26(24)41(2)38-17)43(14-19-7-8-19)13-18-5-4-6-18)16-44(27-37-40-42(3)39-27)15-20-9-22(28(30,31)32)12-23(10-20)29(33,34)35/h9-12,18-19H,4-8,13-16H2,1-3H3. The van der Waals surface area contributed by atoms with Crippen LogP contribution in [0.5, 0.6) is 0 Å². The maximum Gasteiger partial charge on any atom is 0.416 e. The molecule has 6 rings (SSSR count). The number of hydrogen-bond acceptors (Lipinski definition) is 7. The Balaban J connectivity index is 1.44. The van der Waals surface area contributed by atoms with Gasteiger partial charge in [-0.1, -0.05) is 11.5 Å². The largest absolute Gasteiger partial charge is 0.416 e. The molecule has 4 aromatic rings. The van der Waals surface area contributed by atoms with Crippen molar-refractivity contribution in [3.8, 4) is 0 Å². The molecule has 0 amide bonds. The molecule has 0 N–H and O–H groups in total. The molecule has 236 valence electrons. The highest BCUT2D eigenvalue weighted by Crippen LogP contribution is 2.39. The summed E-state index contributed by atoms with van der Waals surface area (Å²) < 4.78 is 83.8. The first-order chi connectivity index (χ1) is 20.7. The van der Waals surface area contributed by atoms with E-state index in [-0.39, 0.29) is 30.7 Å². The number of alkyl halides is 6. The van der Waals surface area contributed by atoms with E-state index in [9.17, 15) is 26.3 Å². The summed E-state index contributed by atoms with van der Waals surface area (Å²) in [5.74, 6) is 1.89. The van der Waals surface area contributed by atoms with Crippen LogP contribution in [0.15, 0.2) is 24.3 Å². The van der Waals surface area contributed by atoms with Gasteiger partial charge >= 0.3 is 12.4 Å². The number of pyridine rings is 1. The number of aryl methyl sites for hydroxylation is 3. The van der Waals surface area contributed by atoms with Gasteiger partial charge in [0.1, 0.15) is 5.82 Å². The van der Waals surface area contributed by atoms with E-state index in [0.29, 0.717) is 17.5 Å². The van der Waals surface area contributed by atoms with E-state index in [1.54, 1.807) is 9.58 Å². The second-order valence-corrected chi connectivity index (χ2v) is 12.0. The Morgan fingerprint density at radius 3 is 1.98 bits per heavy atom. The van der Waals surface area contributed by atoms with Gasteiger partial charge < -0.3 is 9.80 Å². The fourth-order valence-electron chi connectivity index (χ4n) is 5.75. The summed E-state index contributed by atoms with van der Waals surface area (Å²) in [7, 11) is 3.36. The minimum atomic E-state index is -4.96. The quantitative estimate of drug-likeness (QED) is 0.199. The molecule has 2 aliphatic rings. The minimum absolute atomic E-state index is 0.0696. The summed E-state index contributed by atoms with van der Waals surface area (Å²) in [4.78, 5) is 10.1. The summed E-state index contributed by atoms with van der Waals surface area (Å²) in [6.45, 7) is 3.26. The van der Waals surface area contributed by atoms with Crippen LogP contribution in [0.2, 0.25) is 0 Å². The number of rotatable bonds is 10. The molecule has 0 aliphatic heterocycles. The Kier molecular flexibility index (Phi) is 7.68. The highest BCUT2D eigenvalue weighted by atomic mass is 19.4. The number of halogens is 6. The molecule has 15 heteroatoms. The highest BCUT2D eigenvalue weighted by Gasteiger charge is 2.37. The predicted molar refractivity (Wildman–Crippen MR) is 151 cm³/mol. The number of nitrogens with zero attached hydrogens (tertiary/aromatic N) is 9. The van der Waals surface area contributed by atoms with Gasteiger partial charge in [0.05, 0.1) is 23.9 Å². The van der Waals surface area contributed by atoms with Gasteiger partial charge in [0, 0.05) is 44.2 Å². The number of fused-ring (bicyclic) bond motifs is 1. The molecule has 2 fully saturated rings. The van der Waals surface area contributed by atoms with Crippen molar-refractivity contribution in [2.75, 3.05) is 22.9 Å². The van der Waals surface area contributed by atoms with Gasteiger partial charge in [0.25, 0.3) is 5.95 Å². The number of benzene rings is 1. The number of hydrogen-bond donors (Lipinski definition) is 0. The normalized spacial score (nSPS) is 16.0. The molecule has 3 aromatic heterocycles. The molecule has 3 heterocycles. The molecular formula is C29H33F6N9. The second kappa shape index (κ2) is 11.2. The van der Waals surface area contributed by atoms with Crippen molar-refractivity contribution in [3.05, 3.63) is 52.2 Å². The summed E-state index contributed by atoms with van der Waals surface area (Å²) in [5.41, 5.74) is -0.721. The fourth-order valence-corrected chi connectivity index (χ4v) is 5.75. The Morgan fingerprint density at radius 2 is 1.45 bits per heavy atom. The van der Waals surface area contributed by atoms with E-state index in [1.165, 1.54) is 18.3 Å². The Hall–Kier alpha value is -3.91. The second-order valence-electron chi connectivity index (χ2n) is 12.0. The Morgan fingerprint density at radius 1 is 0.818 bits per heavy atom. The van der Waals surface area contributed by atoms with E-state index in [2.05, 4.69) is 25.4 Å². The summed E-state index contributed by atoms with van der Waals surface area (Å²) >= 11 is 0. The van der Waals surface area contributed by atoms with Gasteiger partial charge in [-0.05, 0) is 79.5 Å². The van der Waals surface area contributed by atoms with E-state index in [0.717, 1.165) is 73.4 Å². The van der Waals surface area contributed by atoms with Crippen LogP contribution in [-0.4, -0.2) is 48.1 Å². The van der Waals surface area contributed by atoms with Crippen LogP contribution < -0.4 is 9.80 Å². The molecule has 2 saturated carbocycles. The number of aromatic nitrogens is 7. The SMILES string of the molecule is Cc1nn(C)c2nc(N(CC3CCC3)CC3CC3)c(CN(Cc3cc(C(F)(F)F)cc(C(F)(F)F)c3)c3nnn(C)n3)cc12. The van der Waals surface area contributed by atoms with Crippen molar-refractivity contribution < 1.29 is 26.3 Å². The monoisotopic (exact) mass is 621 g/mol. The van der Waals surface area contributed by atoms with Crippen molar-refractivity contribution in [2.45, 2.75) is 64.5 Å². The van der Waals surface area contributed by atoms with Crippen LogP contribution in [0.3, 0.4) is 0 Å². The van der Waals surface area contributed by atoms with Crippen molar-refractivity contribution >= 4 is 22.8 Å². The van der Waals surface area contributed by atoms with Crippen LogP contribution >= 0.6 is 0 Å². The van der Waals surface area contributed by atoms with E-state index in [4.69, 9.17) is 4.98 Å². The summed E-state index contributed by atoms with van der Waals surface area (Å²) in [6, 6.07) is 3.58. The number of tetrazole rings is 1. The Labute approximate surface area is 249 Å². The molecule has 0 spiro atoms. The van der Waals surface area contributed by atoms with Crippen molar-refractivity contribution in [1.82, 2.24) is 35.0 Å². The molecule has 0 unspecified atom stereocenters. The molecule has 0 bridgehead atoms. The molecule has 0 saturated heterocycles. The van der Waals surface area contributed by atoms with Gasteiger partial charge in [-0.25, -0.2) is 4.98 Å². The van der Waals surface area contributed by atoms with E-state index in [1.807, 2.05) is 20.0 Å². The van der Waals surface area contributed by atoms with Crippen molar-refractivity contribution in [3.63, 3.8) is 0 Å². The first-order valence-corrected chi connectivity index (χ1v) is 14.6. The minimum Gasteiger partial charge on any atom is -0.356 e. The lowest BCUT2D eigenvalue weighted by Crippen LogP contribution is -2.36. The first kappa shape index (κ1) is 30.1. The zero-order chi connectivity index (χ0) is 31.4. The maximum atomic E-state index is 13.7. The molecule has 0 atom stereocenters. The molecule has 44 heavy (non-hydrogen) atoms. The van der Waals surface area contributed by atoms with Crippen molar-refractivity contribution in [2.24, 2.45) is 25.9 Å². The smallest absolute Gasteiger partial charge is 0.356 e. The number of anilines is 2. The third-order valence-corrected chi connectivity index (χ3v) is 8.40. The topological polar surface area (TPSA) is 80.8 Å². The lowest BCUT2D eigenvalue weighted by molar-refractivity contribution is -0.143.